The molecule has 2 rings (SSSR count). The maximum absolute atomic E-state index is 11.6. The molecule has 3 atom stereocenters. The maximum Gasteiger partial charge on any atom is 0.237 e. The topological polar surface area (TPSA) is 44.4 Å². The van der Waals surface area contributed by atoms with Crippen LogP contribution in [0.4, 0.5) is 0 Å². The predicted octanol–water partition coefficient (Wildman–Crippen LogP) is -0.490. The lowest BCUT2D eigenvalue weighted by molar-refractivity contribution is -0.129. The van der Waals surface area contributed by atoms with Gasteiger partial charge in [-0.25, -0.2) is 0 Å². The SMILES string of the molecule is CSC1CNCC1N1CCNC(=O)C1C. The molecule has 2 N–H and O–H groups in total. The summed E-state index contributed by atoms with van der Waals surface area (Å²) in [5, 5.41) is 6.95. The molecule has 0 bridgehead atoms. The fraction of sp³-hybridized carbons (Fsp3) is 0.900. The van der Waals surface area contributed by atoms with Gasteiger partial charge >= 0.3 is 0 Å². The first-order valence-electron chi connectivity index (χ1n) is 5.51. The lowest BCUT2D eigenvalue weighted by atomic mass is 10.1. The molecule has 3 unspecified atom stereocenters. The van der Waals surface area contributed by atoms with E-state index in [1.807, 2.05) is 18.7 Å². The molecule has 0 spiro atoms. The molecular weight excluding hydrogens is 210 g/mol. The third-order valence-electron chi connectivity index (χ3n) is 3.40. The Balaban J connectivity index is 2.05. The van der Waals surface area contributed by atoms with Crippen LogP contribution in [0.25, 0.3) is 0 Å². The van der Waals surface area contributed by atoms with Gasteiger partial charge in [-0.3, -0.25) is 9.69 Å². The number of hydrogen-bond donors (Lipinski definition) is 2. The summed E-state index contributed by atoms with van der Waals surface area (Å²) in [5.41, 5.74) is 0. The number of nitrogens with zero attached hydrogens (tertiary/aromatic N) is 1. The minimum atomic E-state index is 0.0262. The summed E-state index contributed by atoms with van der Waals surface area (Å²) in [6.45, 7) is 5.86. The Bertz CT molecular complexity index is 249. The fourth-order valence-corrected chi connectivity index (χ4v) is 3.32. The second-order valence-corrected chi connectivity index (χ2v) is 5.28. The van der Waals surface area contributed by atoms with Crippen molar-refractivity contribution in [1.82, 2.24) is 15.5 Å². The summed E-state index contributed by atoms with van der Waals surface area (Å²) < 4.78 is 0. The molecule has 2 fully saturated rings. The zero-order chi connectivity index (χ0) is 10.8. The zero-order valence-corrected chi connectivity index (χ0v) is 10.1. The smallest absolute Gasteiger partial charge is 0.237 e. The first kappa shape index (κ1) is 11.2. The van der Waals surface area contributed by atoms with Gasteiger partial charge in [-0.2, -0.15) is 11.8 Å². The van der Waals surface area contributed by atoms with Crippen LogP contribution < -0.4 is 10.6 Å². The number of hydrogen-bond acceptors (Lipinski definition) is 4. The quantitative estimate of drug-likeness (QED) is 0.671. The standard InChI is InChI=1S/C10H19N3OS/c1-7-10(14)12-3-4-13(7)8-5-11-6-9(8)15-2/h7-9,11H,3-6H2,1-2H3,(H,12,14). The van der Waals surface area contributed by atoms with Crippen LogP contribution >= 0.6 is 11.8 Å². The molecule has 2 aliphatic rings. The molecule has 0 radical (unpaired) electrons. The van der Waals surface area contributed by atoms with Crippen LogP contribution in [0.5, 0.6) is 0 Å². The van der Waals surface area contributed by atoms with E-state index in [9.17, 15) is 4.79 Å². The first-order valence-corrected chi connectivity index (χ1v) is 6.80. The van der Waals surface area contributed by atoms with Gasteiger partial charge in [0.15, 0.2) is 0 Å². The van der Waals surface area contributed by atoms with Gasteiger partial charge in [0.1, 0.15) is 0 Å². The second-order valence-electron chi connectivity index (χ2n) is 4.20. The van der Waals surface area contributed by atoms with E-state index in [-0.39, 0.29) is 11.9 Å². The van der Waals surface area contributed by atoms with Gasteiger partial charge in [-0.15, -0.1) is 0 Å². The molecule has 0 aromatic rings. The van der Waals surface area contributed by atoms with E-state index in [1.54, 1.807) is 0 Å². The Morgan fingerprint density at radius 1 is 1.47 bits per heavy atom. The van der Waals surface area contributed by atoms with Crippen LogP contribution in [0.2, 0.25) is 0 Å². The fourth-order valence-electron chi connectivity index (χ4n) is 2.47. The molecule has 2 aliphatic heterocycles. The molecule has 15 heavy (non-hydrogen) atoms. The van der Waals surface area contributed by atoms with Gasteiger partial charge in [0.25, 0.3) is 0 Å². The Labute approximate surface area is 95.2 Å². The monoisotopic (exact) mass is 229 g/mol. The third kappa shape index (κ3) is 2.14. The van der Waals surface area contributed by atoms with E-state index in [1.165, 1.54) is 0 Å². The summed E-state index contributed by atoms with van der Waals surface area (Å²) in [6.07, 6.45) is 2.15. The Hall–Kier alpha value is -0.260. The van der Waals surface area contributed by atoms with Crippen molar-refractivity contribution in [3.05, 3.63) is 0 Å². The Kier molecular flexibility index (Phi) is 3.53. The average Bonchev–Trinajstić information content (AvgIpc) is 2.70. The van der Waals surface area contributed by atoms with Crippen LogP contribution in [0.15, 0.2) is 0 Å². The van der Waals surface area contributed by atoms with Crippen molar-refractivity contribution in [3.63, 3.8) is 0 Å². The first-order chi connectivity index (χ1) is 7.24. The third-order valence-corrected chi connectivity index (χ3v) is 4.49. The molecule has 0 aliphatic carbocycles. The molecule has 2 heterocycles. The number of carbonyl (C=O) groups is 1. The molecule has 86 valence electrons. The highest BCUT2D eigenvalue weighted by Crippen LogP contribution is 2.22. The van der Waals surface area contributed by atoms with Gasteiger partial charge in [0.2, 0.25) is 5.91 Å². The van der Waals surface area contributed by atoms with E-state index in [4.69, 9.17) is 0 Å². The highest BCUT2D eigenvalue weighted by molar-refractivity contribution is 7.99. The van der Waals surface area contributed by atoms with E-state index in [2.05, 4.69) is 21.8 Å². The Morgan fingerprint density at radius 2 is 2.27 bits per heavy atom. The molecule has 4 nitrogen and oxygen atoms in total. The Morgan fingerprint density at radius 3 is 3.00 bits per heavy atom. The minimum Gasteiger partial charge on any atom is -0.353 e. The largest absolute Gasteiger partial charge is 0.353 e. The van der Waals surface area contributed by atoms with Crippen molar-refractivity contribution in [2.24, 2.45) is 0 Å². The molecule has 0 saturated carbocycles. The number of rotatable bonds is 2. The molecule has 2 saturated heterocycles. The van der Waals surface area contributed by atoms with Gasteiger partial charge in [-0.1, -0.05) is 0 Å². The average molecular weight is 229 g/mol. The molecule has 0 aromatic heterocycles. The normalized spacial score (nSPS) is 38.0. The second kappa shape index (κ2) is 4.72. The van der Waals surface area contributed by atoms with Gasteiger partial charge in [0.05, 0.1) is 6.04 Å². The summed E-state index contributed by atoms with van der Waals surface area (Å²) >= 11 is 1.90. The number of thioether (sulfide) groups is 1. The summed E-state index contributed by atoms with van der Waals surface area (Å²) in [5.74, 6) is 0.174. The molecule has 0 aromatic carbocycles. The summed E-state index contributed by atoms with van der Waals surface area (Å²) in [4.78, 5) is 13.9. The van der Waals surface area contributed by atoms with Crippen LogP contribution in [0.3, 0.4) is 0 Å². The number of piperazine rings is 1. The van der Waals surface area contributed by atoms with E-state index < -0.39 is 0 Å². The van der Waals surface area contributed by atoms with Gasteiger partial charge in [0, 0.05) is 37.5 Å². The zero-order valence-electron chi connectivity index (χ0n) is 9.32. The van der Waals surface area contributed by atoms with Crippen LogP contribution in [-0.2, 0) is 4.79 Å². The summed E-state index contributed by atoms with van der Waals surface area (Å²) in [7, 11) is 0. The highest BCUT2D eigenvalue weighted by atomic mass is 32.2. The maximum atomic E-state index is 11.6. The van der Waals surface area contributed by atoms with Crippen LogP contribution in [0.1, 0.15) is 6.92 Å². The number of nitrogens with one attached hydrogen (secondary N) is 2. The molecule has 5 heteroatoms. The van der Waals surface area contributed by atoms with Crippen molar-refractivity contribution in [2.75, 3.05) is 32.4 Å². The number of carbonyl (C=O) groups excluding carboxylic acids is 1. The summed E-state index contributed by atoms with van der Waals surface area (Å²) in [6, 6.07) is 0.541. The van der Waals surface area contributed by atoms with Crippen molar-refractivity contribution in [3.8, 4) is 0 Å². The van der Waals surface area contributed by atoms with Crippen LogP contribution in [0, 0.1) is 0 Å². The highest BCUT2D eigenvalue weighted by Gasteiger charge is 2.37. The van der Waals surface area contributed by atoms with Crippen molar-refractivity contribution in [1.29, 1.82) is 0 Å². The van der Waals surface area contributed by atoms with E-state index >= 15 is 0 Å². The van der Waals surface area contributed by atoms with Gasteiger partial charge in [-0.05, 0) is 13.2 Å². The predicted molar refractivity (Wildman–Crippen MR) is 63.1 cm³/mol. The van der Waals surface area contributed by atoms with Crippen LogP contribution in [-0.4, -0.2) is 60.6 Å². The van der Waals surface area contributed by atoms with E-state index in [0.717, 1.165) is 26.2 Å². The molecule has 1 amide bonds. The van der Waals surface area contributed by atoms with E-state index in [0.29, 0.717) is 11.3 Å². The van der Waals surface area contributed by atoms with Crippen molar-refractivity contribution >= 4 is 17.7 Å². The lowest BCUT2D eigenvalue weighted by Crippen LogP contribution is -2.59. The van der Waals surface area contributed by atoms with Crippen molar-refractivity contribution in [2.45, 2.75) is 24.3 Å². The molecular formula is C10H19N3OS. The van der Waals surface area contributed by atoms with Gasteiger partial charge < -0.3 is 10.6 Å². The van der Waals surface area contributed by atoms with Crippen molar-refractivity contribution < 1.29 is 4.79 Å². The minimum absolute atomic E-state index is 0.0262. The number of amides is 1. The lowest BCUT2D eigenvalue weighted by Gasteiger charge is -2.39.